The quantitative estimate of drug-likeness (QED) is 0.817. The maximum atomic E-state index is 5.16. The van der Waals surface area contributed by atoms with Crippen molar-refractivity contribution < 1.29 is 4.74 Å². The Kier molecular flexibility index (Phi) is 5.01. The van der Waals surface area contributed by atoms with E-state index < -0.39 is 0 Å². The smallest absolute Gasteiger partial charge is 0.118 e. The molecule has 96 valence electrons. The van der Waals surface area contributed by atoms with Crippen LogP contribution in [0.1, 0.15) is 32.8 Å². The molecule has 0 fully saturated rings. The summed E-state index contributed by atoms with van der Waals surface area (Å²) in [6.07, 6.45) is 2.30. The topological polar surface area (TPSA) is 21.3 Å². The van der Waals surface area contributed by atoms with Gasteiger partial charge in [-0.15, -0.1) is 0 Å². The molecule has 0 saturated carbocycles. The summed E-state index contributed by atoms with van der Waals surface area (Å²) in [7, 11) is 3.73. The molecule has 2 nitrogen and oxygen atoms in total. The zero-order chi connectivity index (χ0) is 12.9. The lowest BCUT2D eigenvalue weighted by Crippen LogP contribution is -2.38. The third-order valence-electron chi connectivity index (χ3n) is 3.28. The van der Waals surface area contributed by atoms with Gasteiger partial charge in [0.15, 0.2) is 0 Å². The molecule has 0 radical (unpaired) electrons. The molecule has 0 aliphatic heterocycles. The number of hydrogen-bond acceptors (Lipinski definition) is 2. The van der Waals surface area contributed by atoms with Crippen LogP contribution < -0.4 is 10.1 Å². The number of nitrogens with one attached hydrogen (secondary N) is 1. The third kappa shape index (κ3) is 4.78. The fourth-order valence-electron chi connectivity index (χ4n) is 2.21. The van der Waals surface area contributed by atoms with Gasteiger partial charge < -0.3 is 10.1 Å². The van der Waals surface area contributed by atoms with Crippen LogP contribution in [0.2, 0.25) is 0 Å². The highest BCUT2D eigenvalue weighted by Crippen LogP contribution is 2.21. The average Bonchev–Trinajstić information content (AvgIpc) is 2.29. The Balaban J connectivity index is 2.52. The first kappa shape index (κ1) is 14.0. The molecule has 0 spiro atoms. The first-order valence-electron chi connectivity index (χ1n) is 6.28. The van der Waals surface area contributed by atoms with Crippen molar-refractivity contribution in [1.82, 2.24) is 5.32 Å². The molecule has 1 unspecified atom stereocenters. The van der Waals surface area contributed by atoms with E-state index in [4.69, 9.17) is 4.74 Å². The monoisotopic (exact) mass is 235 g/mol. The van der Waals surface area contributed by atoms with Gasteiger partial charge in [-0.2, -0.15) is 0 Å². The number of ether oxygens (including phenoxy) is 1. The lowest BCUT2D eigenvalue weighted by Gasteiger charge is -2.27. The van der Waals surface area contributed by atoms with E-state index in [2.05, 4.69) is 38.2 Å². The number of rotatable bonds is 6. The third-order valence-corrected chi connectivity index (χ3v) is 3.28. The van der Waals surface area contributed by atoms with Crippen LogP contribution in [0.25, 0.3) is 0 Å². The van der Waals surface area contributed by atoms with Crippen LogP contribution in [0.4, 0.5) is 0 Å². The van der Waals surface area contributed by atoms with Gasteiger partial charge in [0.25, 0.3) is 0 Å². The van der Waals surface area contributed by atoms with Crippen LogP contribution in [0, 0.1) is 5.92 Å². The molecule has 0 amide bonds. The summed E-state index contributed by atoms with van der Waals surface area (Å²) in [5, 5.41) is 3.36. The van der Waals surface area contributed by atoms with Gasteiger partial charge in [0.05, 0.1) is 7.11 Å². The normalized spacial score (nSPS) is 13.5. The second-order valence-corrected chi connectivity index (χ2v) is 5.50. The zero-order valence-corrected chi connectivity index (χ0v) is 11.7. The molecule has 1 rings (SSSR count). The number of hydrogen-bond donors (Lipinski definition) is 1. The van der Waals surface area contributed by atoms with E-state index in [1.807, 2.05) is 19.2 Å². The first-order valence-corrected chi connectivity index (χ1v) is 6.28. The van der Waals surface area contributed by atoms with Crippen molar-refractivity contribution in [2.24, 2.45) is 5.92 Å². The summed E-state index contributed by atoms with van der Waals surface area (Å²) < 4.78 is 5.16. The second-order valence-electron chi connectivity index (χ2n) is 5.50. The van der Waals surface area contributed by atoms with Gasteiger partial charge in [-0.05, 0) is 57.4 Å². The van der Waals surface area contributed by atoms with Crippen molar-refractivity contribution >= 4 is 0 Å². The minimum Gasteiger partial charge on any atom is -0.497 e. The highest BCUT2D eigenvalue weighted by Gasteiger charge is 2.18. The summed E-state index contributed by atoms with van der Waals surface area (Å²) in [5.74, 6) is 1.60. The molecule has 0 aromatic heterocycles. The van der Waals surface area contributed by atoms with Gasteiger partial charge in [-0.25, -0.2) is 0 Å². The Labute approximate surface area is 105 Å². The molecule has 17 heavy (non-hydrogen) atoms. The second kappa shape index (κ2) is 6.06. The van der Waals surface area contributed by atoms with Gasteiger partial charge >= 0.3 is 0 Å². The maximum absolute atomic E-state index is 5.16. The predicted octanol–water partition coefficient (Wildman–Crippen LogP) is 3.26. The van der Waals surface area contributed by atoms with Gasteiger partial charge in [-0.3, -0.25) is 0 Å². The van der Waals surface area contributed by atoms with Crippen molar-refractivity contribution in [3.8, 4) is 5.75 Å². The molecule has 0 heterocycles. The van der Waals surface area contributed by atoms with E-state index in [1.165, 1.54) is 12.0 Å². The highest BCUT2D eigenvalue weighted by atomic mass is 16.5. The van der Waals surface area contributed by atoms with E-state index in [0.29, 0.717) is 5.92 Å². The van der Waals surface area contributed by atoms with Crippen LogP contribution in [0.3, 0.4) is 0 Å². The van der Waals surface area contributed by atoms with E-state index in [-0.39, 0.29) is 5.54 Å². The summed E-state index contributed by atoms with van der Waals surface area (Å²) in [6.45, 7) is 6.80. The molecule has 1 atom stereocenters. The molecule has 0 aliphatic carbocycles. The molecule has 1 N–H and O–H groups in total. The number of methoxy groups -OCH3 is 1. The van der Waals surface area contributed by atoms with Gasteiger partial charge in [0.2, 0.25) is 0 Å². The Bertz CT molecular complexity index is 329. The molecular formula is C15H25NO. The lowest BCUT2D eigenvalue weighted by molar-refractivity contribution is 0.326. The van der Waals surface area contributed by atoms with Crippen molar-refractivity contribution in [2.45, 2.75) is 39.2 Å². The molecular weight excluding hydrogens is 210 g/mol. The molecule has 1 aromatic carbocycles. The fraction of sp³-hybridized carbons (Fsp3) is 0.600. The van der Waals surface area contributed by atoms with E-state index in [1.54, 1.807) is 7.11 Å². The molecule has 1 aromatic rings. The fourth-order valence-corrected chi connectivity index (χ4v) is 2.21. The minimum absolute atomic E-state index is 0.214. The van der Waals surface area contributed by atoms with Crippen LogP contribution in [0.5, 0.6) is 5.75 Å². The lowest BCUT2D eigenvalue weighted by atomic mass is 9.88. The minimum atomic E-state index is 0.214. The van der Waals surface area contributed by atoms with Crippen LogP contribution >= 0.6 is 0 Å². The van der Waals surface area contributed by atoms with E-state index >= 15 is 0 Å². The van der Waals surface area contributed by atoms with Crippen LogP contribution in [-0.2, 0) is 6.42 Å². The Morgan fingerprint density at radius 3 is 2.29 bits per heavy atom. The van der Waals surface area contributed by atoms with Gasteiger partial charge in [0.1, 0.15) is 5.75 Å². The molecule has 2 heteroatoms. The molecule has 0 bridgehead atoms. The van der Waals surface area contributed by atoms with Gasteiger partial charge in [0, 0.05) is 5.54 Å². The Morgan fingerprint density at radius 2 is 1.82 bits per heavy atom. The van der Waals surface area contributed by atoms with E-state index in [9.17, 15) is 0 Å². The van der Waals surface area contributed by atoms with Gasteiger partial charge in [-0.1, -0.05) is 19.1 Å². The average molecular weight is 235 g/mol. The predicted molar refractivity (Wildman–Crippen MR) is 73.6 cm³/mol. The van der Waals surface area contributed by atoms with Crippen molar-refractivity contribution in [1.29, 1.82) is 0 Å². The van der Waals surface area contributed by atoms with Crippen molar-refractivity contribution in [3.63, 3.8) is 0 Å². The van der Waals surface area contributed by atoms with E-state index in [0.717, 1.165) is 12.2 Å². The Morgan fingerprint density at radius 1 is 1.24 bits per heavy atom. The maximum Gasteiger partial charge on any atom is 0.118 e. The first-order chi connectivity index (χ1) is 7.96. The van der Waals surface area contributed by atoms with Crippen LogP contribution in [-0.4, -0.2) is 19.7 Å². The zero-order valence-electron chi connectivity index (χ0n) is 11.7. The van der Waals surface area contributed by atoms with Crippen molar-refractivity contribution in [3.05, 3.63) is 29.8 Å². The SMILES string of the molecule is CNC(C)(C)CC(C)Cc1ccc(OC)cc1. The van der Waals surface area contributed by atoms with Crippen LogP contribution in [0.15, 0.2) is 24.3 Å². The largest absolute Gasteiger partial charge is 0.497 e. The van der Waals surface area contributed by atoms with Crippen molar-refractivity contribution in [2.75, 3.05) is 14.2 Å². The summed E-state index contributed by atoms with van der Waals surface area (Å²) >= 11 is 0. The highest BCUT2D eigenvalue weighted by molar-refractivity contribution is 5.27. The molecule has 0 saturated heterocycles. The summed E-state index contributed by atoms with van der Waals surface area (Å²) in [4.78, 5) is 0. The summed E-state index contributed by atoms with van der Waals surface area (Å²) in [5.41, 5.74) is 1.59. The standard InChI is InChI=1S/C15H25NO/c1-12(11-15(2,3)16-4)10-13-6-8-14(17-5)9-7-13/h6-9,12,16H,10-11H2,1-5H3. The number of benzene rings is 1. The summed E-state index contributed by atoms with van der Waals surface area (Å²) in [6, 6.07) is 8.37. The molecule has 0 aliphatic rings. The Hall–Kier alpha value is -1.02.